The van der Waals surface area contributed by atoms with Gasteiger partial charge in [0.1, 0.15) is 0 Å². The number of nitrogens with zero attached hydrogens (tertiary/aromatic N) is 2. The molecule has 9 atom stereocenters. The molecule has 0 aromatic carbocycles. The van der Waals surface area contributed by atoms with Crippen LogP contribution in [0.1, 0.15) is 215 Å². The van der Waals surface area contributed by atoms with Crippen LogP contribution in [0.2, 0.25) is 0 Å². The van der Waals surface area contributed by atoms with Gasteiger partial charge >= 0.3 is 0 Å². The van der Waals surface area contributed by atoms with Gasteiger partial charge in [0.05, 0.1) is 31.7 Å². The minimum absolute atomic E-state index is 0.0539. The highest BCUT2D eigenvalue weighted by Crippen LogP contribution is 2.67. The van der Waals surface area contributed by atoms with Gasteiger partial charge < -0.3 is 18.8 Å². The topological polar surface area (TPSA) is 45.5 Å². The van der Waals surface area contributed by atoms with Crippen LogP contribution in [0.25, 0.3) is 0 Å². The lowest BCUT2D eigenvalue weighted by Crippen LogP contribution is -2.51. The maximum absolute atomic E-state index is 6.61. The molecule has 1 aromatic heterocycles. The summed E-state index contributed by atoms with van der Waals surface area (Å²) >= 11 is 0. The first-order valence-electron chi connectivity index (χ1n) is 26.4. The molecule has 0 N–H and O–H groups in total. The van der Waals surface area contributed by atoms with Crippen molar-refractivity contribution >= 4 is 0 Å². The monoisotopic (exact) mass is 833 g/mol. The number of allylic oxidation sites excluding steroid dienone is 3. The Kier molecular flexibility index (Phi) is 22.3. The zero-order valence-electron chi connectivity index (χ0n) is 40.3. The van der Waals surface area contributed by atoms with Gasteiger partial charge in [-0.3, -0.25) is 0 Å². The minimum Gasteiger partial charge on any atom is -0.379 e. The van der Waals surface area contributed by atoms with Crippen molar-refractivity contribution in [2.75, 3.05) is 26.4 Å². The molecule has 0 saturated heterocycles. The molecule has 1 heterocycles. The average molecular weight is 833 g/mol. The third kappa shape index (κ3) is 15.4. The quantitative estimate of drug-likeness (QED) is 0.0536. The Bertz CT molecular complexity index is 1320. The van der Waals surface area contributed by atoms with Gasteiger partial charge in [-0.25, -0.2) is 4.98 Å². The predicted molar refractivity (Wildman–Crippen MR) is 254 cm³/mol. The Balaban J connectivity index is 0.916. The van der Waals surface area contributed by atoms with Crippen molar-refractivity contribution in [1.82, 2.24) is 9.55 Å². The first kappa shape index (κ1) is 49.6. The van der Waals surface area contributed by atoms with Gasteiger partial charge in [0.25, 0.3) is 0 Å². The van der Waals surface area contributed by atoms with Crippen LogP contribution in [0, 0.1) is 46.3 Å². The Labute approximate surface area is 371 Å². The molecule has 0 bridgehead atoms. The Morgan fingerprint density at radius 3 is 2.22 bits per heavy atom. The molecular weight excluding hydrogens is 737 g/mol. The van der Waals surface area contributed by atoms with Crippen LogP contribution >= 0.6 is 0 Å². The molecule has 3 fully saturated rings. The minimum atomic E-state index is 0.0539. The fraction of sp³-hybridized carbons (Fsp3) is 0.873. The number of aromatic nitrogens is 2. The van der Waals surface area contributed by atoms with Crippen LogP contribution in [0.3, 0.4) is 0 Å². The van der Waals surface area contributed by atoms with Crippen molar-refractivity contribution in [3.8, 4) is 0 Å². The number of hydrogen-bond acceptors (Lipinski definition) is 4. The van der Waals surface area contributed by atoms with E-state index in [1.54, 1.807) is 5.57 Å². The van der Waals surface area contributed by atoms with Crippen LogP contribution in [0.4, 0.5) is 0 Å². The standard InChI is InChI=1S/C55H96N2O3/c1-7-8-9-10-11-12-13-14-15-16-17-18-19-20-21-22-38-58-43-49(42-57-37-36-56-44-57)60-40-24-23-39-59-48-32-34-54(5)47(41-48)28-29-50-52-31-30-51(46(4)27-25-26-45(2)3)55(52,6)35-33-53(50)54/h14-15,28,36-37,44-46,48-53H,7-13,16-27,29-35,38-43H2,1-6H3/b15-14-. The summed E-state index contributed by atoms with van der Waals surface area (Å²) in [6.45, 7) is 18.9. The lowest BCUT2D eigenvalue weighted by atomic mass is 9.47. The molecule has 5 heteroatoms. The highest BCUT2D eigenvalue weighted by molar-refractivity contribution is 5.25. The van der Waals surface area contributed by atoms with Crippen molar-refractivity contribution < 1.29 is 14.2 Å². The van der Waals surface area contributed by atoms with Gasteiger partial charge in [0.2, 0.25) is 0 Å². The molecule has 344 valence electrons. The number of fused-ring (bicyclic) bond motifs is 5. The van der Waals surface area contributed by atoms with Crippen molar-refractivity contribution in [1.29, 1.82) is 0 Å². The second kappa shape index (κ2) is 27.0. The van der Waals surface area contributed by atoms with Crippen LogP contribution < -0.4 is 0 Å². The van der Waals surface area contributed by atoms with Gasteiger partial charge in [0, 0.05) is 32.2 Å². The number of ether oxygens (including phenoxy) is 3. The van der Waals surface area contributed by atoms with E-state index in [9.17, 15) is 0 Å². The highest BCUT2D eigenvalue weighted by Gasteiger charge is 2.59. The van der Waals surface area contributed by atoms with Gasteiger partial charge in [0.15, 0.2) is 0 Å². The SMILES string of the molecule is CCCCCCCC/C=C\CCCCCCCCOCC(Cn1ccnc1)OCCCCOC1CCC2(C)C(=CCC3C2CCC2(C)C(C(C)CCCC(C)C)CCC32)C1. The molecule has 5 nitrogen and oxygen atoms in total. The van der Waals surface area contributed by atoms with E-state index in [0.29, 0.717) is 23.5 Å². The van der Waals surface area contributed by atoms with Crippen molar-refractivity contribution in [2.24, 2.45) is 46.3 Å². The third-order valence-electron chi connectivity index (χ3n) is 16.6. The molecule has 4 aliphatic carbocycles. The fourth-order valence-electron chi connectivity index (χ4n) is 12.9. The number of unbranched alkanes of at least 4 members (excludes halogenated alkanes) is 13. The summed E-state index contributed by atoms with van der Waals surface area (Å²) in [4.78, 5) is 4.25. The molecule has 9 unspecified atom stereocenters. The van der Waals surface area contributed by atoms with Crippen molar-refractivity contribution in [3.63, 3.8) is 0 Å². The largest absolute Gasteiger partial charge is 0.379 e. The van der Waals surface area contributed by atoms with Gasteiger partial charge in [-0.2, -0.15) is 0 Å². The molecule has 4 aliphatic rings. The smallest absolute Gasteiger partial charge is 0.0987 e. The van der Waals surface area contributed by atoms with E-state index in [2.05, 4.69) is 69.3 Å². The summed E-state index contributed by atoms with van der Waals surface area (Å²) in [7, 11) is 0. The number of hydrogen-bond donors (Lipinski definition) is 0. The molecule has 1 aromatic rings. The van der Waals surface area contributed by atoms with E-state index in [-0.39, 0.29) is 6.10 Å². The Hall–Kier alpha value is -1.43. The van der Waals surface area contributed by atoms with Crippen LogP contribution in [0.15, 0.2) is 42.5 Å². The van der Waals surface area contributed by atoms with Crippen molar-refractivity contribution in [3.05, 3.63) is 42.5 Å². The lowest BCUT2D eigenvalue weighted by molar-refractivity contribution is -0.0648. The second-order valence-electron chi connectivity index (χ2n) is 21.5. The molecule has 3 saturated carbocycles. The number of imidazole rings is 1. The normalized spacial score (nSPS) is 28.8. The summed E-state index contributed by atoms with van der Waals surface area (Å²) in [6, 6.07) is 0. The first-order valence-corrected chi connectivity index (χ1v) is 26.4. The average Bonchev–Trinajstić information content (AvgIpc) is 3.88. The van der Waals surface area contributed by atoms with E-state index >= 15 is 0 Å². The van der Waals surface area contributed by atoms with E-state index in [1.807, 2.05) is 18.7 Å². The predicted octanol–water partition coefficient (Wildman–Crippen LogP) is 15.5. The maximum atomic E-state index is 6.61. The molecule has 0 radical (unpaired) electrons. The summed E-state index contributed by atoms with van der Waals surface area (Å²) in [5, 5.41) is 0. The van der Waals surface area contributed by atoms with E-state index in [4.69, 9.17) is 14.2 Å². The van der Waals surface area contributed by atoms with E-state index in [1.165, 1.54) is 148 Å². The molecule has 0 aliphatic heterocycles. The molecule has 0 amide bonds. The van der Waals surface area contributed by atoms with Crippen molar-refractivity contribution in [2.45, 2.75) is 234 Å². The van der Waals surface area contributed by atoms with E-state index in [0.717, 1.165) is 87.6 Å². The summed E-state index contributed by atoms with van der Waals surface area (Å²) in [6.07, 6.45) is 49.7. The van der Waals surface area contributed by atoms with Gasteiger partial charge in [-0.05, 0) is 143 Å². The zero-order valence-corrected chi connectivity index (χ0v) is 40.3. The Morgan fingerprint density at radius 2 is 1.48 bits per heavy atom. The molecule has 0 spiro atoms. The number of rotatable bonds is 32. The van der Waals surface area contributed by atoms with Crippen LogP contribution in [0.5, 0.6) is 0 Å². The summed E-state index contributed by atoms with van der Waals surface area (Å²) in [5.74, 6) is 5.40. The van der Waals surface area contributed by atoms with E-state index < -0.39 is 0 Å². The molecule has 60 heavy (non-hydrogen) atoms. The second-order valence-corrected chi connectivity index (χ2v) is 21.5. The first-order chi connectivity index (χ1) is 29.2. The Morgan fingerprint density at radius 1 is 0.767 bits per heavy atom. The highest BCUT2D eigenvalue weighted by atomic mass is 16.5. The molecular formula is C55H96N2O3. The van der Waals surface area contributed by atoms with Gasteiger partial charge in [-0.1, -0.05) is 142 Å². The van der Waals surface area contributed by atoms with Gasteiger partial charge in [-0.15, -0.1) is 0 Å². The maximum Gasteiger partial charge on any atom is 0.0987 e. The van der Waals surface area contributed by atoms with Crippen LogP contribution in [-0.2, 0) is 20.8 Å². The lowest BCUT2D eigenvalue weighted by Gasteiger charge is -2.58. The third-order valence-corrected chi connectivity index (χ3v) is 16.6. The fourth-order valence-corrected chi connectivity index (χ4v) is 12.9. The van der Waals surface area contributed by atoms with Crippen LogP contribution in [-0.4, -0.2) is 48.2 Å². The summed E-state index contributed by atoms with van der Waals surface area (Å²) < 4.78 is 21.3. The summed E-state index contributed by atoms with van der Waals surface area (Å²) in [5.41, 5.74) is 2.72. The zero-order chi connectivity index (χ0) is 42.5. The molecule has 5 rings (SSSR count).